The van der Waals surface area contributed by atoms with Gasteiger partial charge in [-0.05, 0) is 196 Å². The zero-order chi connectivity index (χ0) is 107. The van der Waals surface area contributed by atoms with Crippen LogP contribution < -0.4 is 0 Å². The van der Waals surface area contributed by atoms with Gasteiger partial charge in [0.2, 0.25) is 34.9 Å². The van der Waals surface area contributed by atoms with Crippen LogP contribution in [-0.4, -0.2) is 250 Å². The van der Waals surface area contributed by atoms with Crippen molar-refractivity contribution in [3.05, 3.63) is 250 Å². The molecule has 780 valence electrons. The lowest BCUT2D eigenvalue weighted by Crippen LogP contribution is -2.28. The summed E-state index contributed by atoms with van der Waals surface area (Å²) in [7, 11) is 5.18. The molecular weight excluding hydrogens is 1950 g/mol. The minimum Gasteiger partial charge on any atom is -0.480 e. The van der Waals surface area contributed by atoms with Crippen LogP contribution in [0.2, 0.25) is 0 Å². The van der Waals surface area contributed by atoms with Crippen LogP contribution in [0.15, 0.2) is 209 Å². The Morgan fingerprint density at radius 2 is 0.540 bits per heavy atom. The number of carbonyl (C=O) groups is 6. The lowest BCUT2D eigenvalue weighted by molar-refractivity contribution is -0.145. The second-order valence-electron chi connectivity index (χ2n) is 34.7. The first-order valence-electron chi connectivity index (χ1n) is 47.6. The Bertz CT molecular complexity index is 7600. The van der Waals surface area contributed by atoms with Gasteiger partial charge in [-0.2, -0.15) is 60.5 Å². The van der Waals surface area contributed by atoms with Gasteiger partial charge in [-0.25, -0.2) is 28.1 Å². The van der Waals surface area contributed by atoms with Crippen molar-refractivity contribution in [1.29, 1.82) is 0 Å². The van der Waals surface area contributed by atoms with Gasteiger partial charge in [0, 0.05) is 46.5 Å². The molecule has 6 aromatic carbocycles. The van der Waals surface area contributed by atoms with Crippen molar-refractivity contribution in [3.63, 3.8) is 0 Å². The highest BCUT2D eigenvalue weighted by atomic mass is 32.2. The van der Waals surface area contributed by atoms with Gasteiger partial charge in [-0.15, -0.1) is 11.8 Å². The van der Waals surface area contributed by atoms with Crippen LogP contribution in [0, 0.1) is 83.1 Å². The standard InChI is InChI=1S/C21H27N5O3.C19H23N5O3.C17H18N4O3S.C17H18N4O3.C16H16N4O3.C15H14N4O3/c1-5-25(6-2)10-11-28-19(27)14-26-18(13-16(4)23-26)21-22-20(24-29-21)17-9-7-8-15(3)12-17;1-13-6-5-7-15(10-13)18-20-19(27-22-18)16-11-14(2)21-24(16)12-17(25)26-9-8-23(3)4;1-11-5-4-6-13(7-11)16-18-17(24-20-16)14-8-12(2)19-21(14)9-15(22)23-10-25-3;1-4-23-15(22)10-21-14(9-12(3)19-21)17-18-16(20-24-17)13-7-5-6-11(2)8-13;1-10-5-4-6-12(7-10)15-17-16(23-19-15)13-8-11(2)18-20(13)9-14(21)22-3;1-9-4-3-5-11(6-9)14-16-15(22-18-14)12-7-10(2)17-19(12)8-13(20)21/h7-9,12-13H,5-6,10-11,14H2,1-4H3;5-7,10-11H,8-9,12H2,1-4H3;4-8H,9-10H2,1-3H3;5-9H,4,10H2,1-3H3;4-8H,9H2,1-3H3;3-7H,8H2,1-2H3,(H,20,21). The third-order valence-electron chi connectivity index (χ3n) is 21.9. The van der Waals surface area contributed by atoms with Crippen LogP contribution in [0.4, 0.5) is 0 Å². The third-order valence-corrected chi connectivity index (χ3v) is 22.2. The van der Waals surface area contributed by atoms with Gasteiger partial charge in [0.15, 0.2) is 0 Å². The summed E-state index contributed by atoms with van der Waals surface area (Å²) in [6.07, 6.45) is 1.86. The fraction of sp³-hybridized carbons (Fsp3) is 0.314. The van der Waals surface area contributed by atoms with E-state index in [0.717, 1.165) is 108 Å². The van der Waals surface area contributed by atoms with E-state index < -0.39 is 11.9 Å². The van der Waals surface area contributed by atoms with Gasteiger partial charge in [-0.1, -0.05) is 187 Å². The number of rotatable bonds is 35. The Labute approximate surface area is 866 Å². The number of ether oxygens (including phenoxy) is 5. The van der Waals surface area contributed by atoms with E-state index in [9.17, 15) is 28.8 Å². The second-order valence-corrected chi connectivity index (χ2v) is 35.5. The van der Waals surface area contributed by atoms with Gasteiger partial charge >= 0.3 is 35.8 Å². The molecule has 18 rings (SSSR count). The van der Waals surface area contributed by atoms with E-state index in [-0.39, 0.29) is 69.0 Å². The summed E-state index contributed by atoms with van der Waals surface area (Å²) in [6.45, 7) is 32.8. The van der Waals surface area contributed by atoms with Gasteiger partial charge in [-0.3, -0.25) is 28.8 Å². The molecule has 0 aliphatic rings. The number of hydrogen-bond donors (Lipinski definition) is 1. The summed E-state index contributed by atoms with van der Waals surface area (Å²) in [5, 5.41) is 58.8. The Morgan fingerprint density at radius 1 is 0.313 bits per heavy atom. The Balaban J connectivity index is 0.000000150. The predicted molar refractivity (Wildman–Crippen MR) is 552 cm³/mol. The van der Waals surface area contributed by atoms with Crippen molar-refractivity contribution in [2.45, 2.75) is 143 Å². The van der Waals surface area contributed by atoms with Crippen LogP contribution in [-0.2, 0) is 91.7 Å². The Kier molecular flexibility index (Phi) is 38.4. The van der Waals surface area contributed by atoms with E-state index in [1.54, 1.807) is 48.9 Å². The van der Waals surface area contributed by atoms with Gasteiger partial charge in [0.25, 0.3) is 35.3 Å². The first kappa shape index (κ1) is 110. The molecule has 1 N–H and O–H groups in total. The van der Waals surface area contributed by atoms with Gasteiger partial charge in [0.1, 0.15) is 92.6 Å². The molecule has 18 aromatic rings. The van der Waals surface area contributed by atoms with E-state index in [1.165, 1.54) is 42.3 Å². The van der Waals surface area contributed by atoms with Gasteiger partial charge < -0.3 is 65.7 Å². The molecule has 0 fully saturated rings. The number of aliphatic carboxylic acids is 1. The highest BCUT2D eigenvalue weighted by Crippen LogP contribution is 2.32. The molecule has 0 aliphatic carbocycles. The number of thioether (sulfide) groups is 1. The minimum absolute atomic E-state index is 0.000822. The fourth-order valence-corrected chi connectivity index (χ4v) is 15.1. The molecule has 12 aromatic heterocycles. The lowest BCUT2D eigenvalue weighted by Gasteiger charge is -2.17. The van der Waals surface area contributed by atoms with Crippen LogP contribution >= 0.6 is 11.8 Å². The predicted octanol–water partition coefficient (Wildman–Crippen LogP) is 16.0. The highest BCUT2D eigenvalue weighted by molar-refractivity contribution is 7.98. The quantitative estimate of drug-likeness (QED) is 0.0219. The van der Waals surface area contributed by atoms with Crippen molar-refractivity contribution in [1.82, 2.24) is 129 Å². The lowest BCUT2D eigenvalue weighted by atomic mass is 10.1. The summed E-state index contributed by atoms with van der Waals surface area (Å²) >= 11 is 1.43. The molecule has 45 heteroatoms. The van der Waals surface area contributed by atoms with E-state index in [0.29, 0.717) is 143 Å². The van der Waals surface area contributed by atoms with E-state index in [4.69, 9.17) is 51.2 Å². The van der Waals surface area contributed by atoms with Crippen molar-refractivity contribution in [2.24, 2.45) is 0 Å². The van der Waals surface area contributed by atoms with Crippen molar-refractivity contribution < 1.29 is 84.7 Å². The monoisotopic (exact) mass is 2060 g/mol. The maximum absolute atomic E-state index is 12.3. The number of aryl methyl sites for hydroxylation is 12. The number of hydrogen-bond acceptors (Lipinski definition) is 38. The molecule has 0 bridgehead atoms. The summed E-state index contributed by atoms with van der Waals surface area (Å²) in [6, 6.07) is 57.7. The van der Waals surface area contributed by atoms with Gasteiger partial charge in [0.05, 0.1) is 47.9 Å². The number of aromatic nitrogens is 24. The van der Waals surface area contributed by atoms with Crippen LogP contribution in [0.3, 0.4) is 0 Å². The normalized spacial score (nSPS) is 10.9. The molecule has 0 amide bonds. The average molecular weight is 2060 g/mol. The van der Waals surface area contributed by atoms with E-state index in [1.807, 2.05) is 253 Å². The van der Waals surface area contributed by atoms with Crippen LogP contribution in [0.1, 0.15) is 88.3 Å². The topological polar surface area (TPSA) is 516 Å². The molecule has 150 heavy (non-hydrogen) atoms. The molecular formula is C105H116N26O18S. The van der Waals surface area contributed by atoms with Crippen molar-refractivity contribution >= 4 is 47.6 Å². The second kappa shape index (κ2) is 52.5. The van der Waals surface area contributed by atoms with Crippen molar-refractivity contribution in [2.75, 3.05) is 79.4 Å². The van der Waals surface area contributed by atoms with E-state index in [2.05, 4.69) is 115 Å². The number of benzene rings is 6. The number of carboxylic acids is 1. The molecule has 0 unspecified atom stereocenters. The maximum Gasteiger partial charge on any atom is 0.328 e. The summed E-state index contributed by atoms with van der Waals surface area (Å²) in [4.78, 5) is 101. The number of carboxylic acid groups (broad SMARTS) is 1. The smallest absolute Gasteiger partial charge is 0.328 e. The van der Waals surface area contributed by atoms with E-state index >= 15 is 0 Å². The largest absolute Gasteiger partial charge is 0.480 e. The number of methoxy groups -OCH3 is 1. The molecule has 0 spiro atoms. The number of likely N-dealkylation sites (N-methyl/N-ethyl adjacent to an activating group) is 2. The molecule has 12 heterocycles. The van der Waals surface area contributed by atoms with Crippen LogP contribution in [0.25, 0.3) is 138 Å². The average Bonchev–Trinajstić information content (AvgIpc) is 1.69. The molecule has 0 atom stereocenters. The summed E-state index contributed by atoms with van der Waals surface area (Å²) in [5.41, 5.74) is 19.7. The summed E-state index contributed by atoms with van der Waals surface area (Å²) in [5.74, 6) is 2.25. The molecule has 0 aliphatic heterocycles. The molecule has 0 saturated carbocycles. The minimum atomic E-state index is -0.984. The van der Waals surface area contributed by atoms with Crippen LogP contribution in [0.5, 0.6) is 0 Å². The number of esters is 5. The fourth-order valence-electron chi connectivity index (χ4n) is 14.8. The Hall–Kier alpha value is -17.5. The number of carbonyl (C=O) groups excluding carboxylic acids is 5. The van der Waals surface area contributed by atoms with Crippen molar-refractivity contribution in [3.8, 4) is 138 Å². The highest BCUT2D eigenvalue weighted by Gasteiger charge is 2.27. The molecule has 44 nitrogen and oxygen atoms in total. The zero-order valence-corrected chi connectivity index (χ0v) is 87.5. The molecule has 0 saturated heterocycles. The maximum atomic E-state index is 12.3. The SMILES string of the molecule is CCN(CC)CCOC(=O)Cn1nc(C)cc1-c1nc(-c2cccc(C)c2)no1.CCOC(=O)Cn1nc(C)cc1-c1nc(-c2cccc(C)c2)no1.COC(=O)Cn1nc(C)cc1-c1nc(-c2cccc(C)c2)no1.CSCOC(=O)Cn1nc(C)cc1-c1nc(-c2cccc(C)c2)no1.Cc1cccc(-c2noc(-c3cc(C)nn3CC(=O)O)n2)c1.Cc1cccc(-c2noc(-c3cc(C)nn3CC(=O)OCCN(C)C)n2)c1. The first-order valence-corrected chi connectivity index (χ1v) is 49.0. The molecule has 0 radical (unpaired) electrons. The first-order chi connectivity index (χ1) is 72.1. The zero-order valence-electron chi connectivity index (χ0n) is 86.6. The third kappa shape index (κ3) is 31.1. The number of nitrogens with zero attached hydrogens (tertiary/aromatic N) is 26. The summed E-state index contributed by atoms with van der Waals surface area (Å²) < 4.78 is 66.5. The Morgan fingerprint density at radius 3 is 0.753 bits per heavy atom.